The van der Waals surface area contributed by atoms with E-state index in [-0.39, 0.29) is 0 Å². The Hall–Kier alpha value is -2.78. The van der Waals surface area contributed by atoms with E-state index in [1.807, 2.05) is 19.1 Å². The van der Waals surface area contributed by atoms with Gasteiger partial charge in [0.1, 0.15) is 12.1 Å². The lowest BCUT2D eigenvalue weighted by Gasteiger charge is -2.30. The van der Waals surface area contributed by atoms with Crippen molar-refractivity contribution in [3.63, 3.8) is 0 Å². The summed E-state index contributed by atoms with van der Waals surface area (Å²) in [5, 5.41) is 18.6. The lowest BCUT2D eigenvalue weighted by Crippen LogP contribution is -2.25. The van der Waals surface area contributed by atoms with E-state index in [4.69, 9.17) is 0 Å². The second kappa shape index (κ2) is 5.78. The van der Waals surface area contributed by atoms with E-state index in [9.17, 15) is 10.5 Å². The fraction of sp³-hybridized carbons (Fsp3) is 0.300. The lowest BCUT2D eigenvalue weighted by molar-refractivity contribution is 0.745. The Morgan fingerprint density at radius 2 is 1.70 bits per heavy atom. The molecule has 0 aromatic heterocycles. The van der Waals surface area contributed by atoms with Crippen molar-refractivity contribution in [1.82, 2.24) is 0 Å². The van der Waals surface area contributed by atoms with Crippen molar-refractivity contribution in [2.45, 2.75) is 26.7 Å². The predicted octanol–water partition coefficient (Wildman–Crippen LogP) is 4.10. The minimum absolute atomic E-state index is 0.452. The summed E-state index contributed by atoms with van der Waals surface area (Å²) < 4.78 is 0. The molecule has 0 saturated carbocycles. The molecule has 0 radical (unpaired) electrons. The van der Waals surface area contributed by atoms with Gasteiger partial charge in [-0.25, -0.2) is 0 Å². The van der Waals surface area contributed by atoms with Gasteiger partial charge in [0, 0.05) is 19.3 Å². The highest BCUT2D eigenvalue weighted by atomic mass is 15.1. The molecule has 0 spiro atoms. The van der Waals surface area contributed by atoms with E-state index in [1.165, 1.54) is 22.4 Å². The Morgan fingerprint density at radius 3 is 2.39 bits per heavy atom. The smallest absolute Gasteiger partial charge is 0.101 e. The van der Waals surface area contributed by atoms with Gasteiger partial charge in [-0.05, 0) is 72.7 Å². The molecule has 0 saturated heterocycles. The number of aryl methyl sites for hydroxylation is 2. The van der Waals surface area contributed by atoms with Crippen molar-refractivity contribution in [2.75, 3.05) is 18.5 Å². The molecular weight excluding hydrogens is 282 g/mol. The summed E-state index contributed by atoms with van der Waals surface area (Å²) in [5.74, 6) is 0. The third kappa shape index (κ3) is 2.45. The van der Waals surface area contributed by atoms with Gasteiger partial charge in [0.15, 0.2) is 0 Å². The van der Waals surface area contributed by atoms with Crippen molar-refractivity contribution in [1.29, 1.82) is 10.5 Å². The van der Waals surface area contributed by atoms with E-state index in [2.05, 4.69) is 43.1 Å². The number of nitrogens with zero attached hydrogens (tertiary/aromatic N) is 3. The van der Waals surface area contributed by atoms with Crippen LogP contribution in [0.5, 0.6) is 0 Å². The first kappa shape index (κ1) is 15.1. The molecule has 0 amide bonds. The van der Waals surface area contributed by atoms with E-state index in [1.54, 1.807) is 0 Å². The molecule has 3 nitrogen and oxygen atoms in total. The summed E-state index contributed by atoms with van der Waals surface area (Å²) in [7, 11) is 2.13. The van der Waals surface area contributed by atoms with Gasteiger partial charge in [0.25, 0.3) is 0 Å². The maximum atomic E-state index is 9.35. The molecule has 0 aliphatic carbocycles. The second-order valence-electron chi connectivity index (χ2n) is 6.22. The van der Waals surface area contributed by atoms with Gasteiger partial charge in [0.2, 0.25) is 0 Å². The van der Waals surface area contributed by atoms with Crippen LogP contribution in [-0.2, 0) is 6.42 Å². The standard InChI is InChI=1S/C20H19N3/c1-13-6-7-19-17(5-4-8-23(19)3)20(13)18-10-16(12-22)15(11-21)9-14(18)2/h6-7,9-10H,4-5,8H2,1-3H3. The number of hydrogen-bond donors (Lipinski definition) is 0. The van der Waals surface area contributed by atoms with Crippen LogP contribution >= 0.6 is 0 Å². The van der Waals surface area contributed by atoms with Gasteiger partial charge >= 0.3 is 0 Å². The predicted molar refractivity (Wildman–Crippen MR) is 92.4 cm³/mol. The molecule has 0 N–H and O–H groups in total. The number of rotatable bonds is 1. The minimum atomic E-state index is 0.452. The van der Waals surface area contributed by atoms with Crippen LogP contribution < -0.4 is 4.90 Å². The quantitative estimate of drug-likeness (QED) is 0.797. The van der Waals surface area contributed by atoms with Crippen molar-refractivity contribution < 1.29 is 0 Å². The van der Waals surface area contributed by atoms with Crippen LogP contribution in [0.3, 0.4) is 0 Å². The SMILES string of the molecule is Cc1cc(C#N)c(C#N)cc1-c1c(C)ccc2c1CCCN2C. The highest BCUT2D eigenvalue weighted by Gasteiger charge is 2.21. The summed E-state index contributed by atoms with van der Waals surface area (Å²) in [6.45, 7) is 5.21. The van der Waals surface area contributed by atoms with Gasteiger partial charge in [-0.3, -0.25) is 0 Å². The summed E-state index contributed by atoms with van der Waals surface area (Å²) in [6, 6.07) is 12.3. The van der Waals surface area contributed by atoms with E-state index >= 15 is 0 Å². The van der Waals surface area contributed by atoms with Gasteiger partial charge in [-0.15, -0.1) is 0 Å². The van der Waals surface area contributed by atoms with Crippen molar-refractivity contribution in [3.05, 3.63) is 52.1 Å². The summed E-state index contributed by atoms with van der Waals surface area (Å²) in [5.41, 5.74) is 8.11. The molecule has 3 heteroatoms. The molecule has 0 unspecified atom stereocenters. The summed E-state index contributed by atoms with van der Waals surface area (Å²) >= 11 is 0. The highest BCUT2D eigenvalue weighted by Crippen LogP contribution is 2.39. The monoisotopic (exact) mass is 301 g/mol. The van der Waals surface area contributed by atoms with Crippen LogP contribution in [0, 0.1) is 36.5 Å². The molecule has 0 atom stereocenters. The van der Waals surface area contributed by atoms with E-state index < -0.39 is 0 Å². The first-order valence-electron chi connectivity index (χ1n) is 7.85. The van der Waals surface area contributed by atoms with Crippen LogP contribution in [-0.4, -0.2) is 13.6 Å². The zero-order valence-electron chi connectivity index (χ0n) is 13.8. The van der Waals surface area contributed by atoms with Crippen LogP contribution in [0.25, 0.3) is 11.1 Å². The molecule has 2 aromatic carbocycles. The van der Waals surface area contributed by atoms with Crippen molar-refractivity contribution >= 4 is 5.69 Å². The molecule has 2 aromatic rings. The Balaban J connectivity index is 2.30. The van der Waals surface area contributed by atoms with Crippen LogP contribution in [0.2, 0.25) is 0 Å². The maximum Gasteiger partial charge on any atom is 0.101 e. The minimum Gasteiger partial charge on any atom is -0.374 e. The average molecular weight is 301 g/mol. The molecule has 1 aliphatic heterocycles. The van der Waals surface area contributed by atoms with Crippen molar-refractivity contribution in [3.8, 4) is 23.3 Å². The van der Waals surface area contributed by atoms with Crippen molar-refractivity contribution in [2.24, 2.45) is 0 Å². The Morgan fingerprint density at radius 1 is 1.00 bits per heavy atom. The van der Waals surface area contributed by atoms with E-state index in [0.29, 0.717) is 11.1 Å². The Labute approximate surface area is 137 Å². The summed E-state index contributed by atoms with van der Waals surface area (Å²) in [4.78, 5) is 2.30. The van der Waals surface area contributed by atoms with Crippen LogP contribution in [0.1, 0.15) is 34.2 Å². The second-order valence-corrected chi connectivity index (χ2v) is 6.22. The zero-order valence-corrected chi connectivity index (χ0v) is 13.8. The number of anilines is 1. The summed E-state index contributed by atoms with van der Waals surface area (Å²) in [6.07, 6.45) is 2.19. The molecule has 0 bridgehead atoms. The average Bonchev–Trinajstić information content (AvgIpc) is 2.55. The highest BCUT2D eigenvalue weighted by molar-refractivity contribution is 5.81. The Bertz CT molecular complexity index is 866. The lowest BCUT2D eigenvalue weighted by atomic mass is 9.86. The van der Waals surface area contributed by atoms with Gasteiger partial charge in [0.05, 0.1) is 11.1 Å². The normalized spacial score (nSPS) is 13.2. The molecule has 23 heavy (non-hydrogen) atoms. The number of fused-ring (bicyclic) bond motifs is 1. The fourth-order valence-electron chi connectivity index (χ4n) is 3.52. The molecule has 1 aliphatic rings. The molecule has 3 rings (SSSR count). The van der Waals surface area contributed by atoms with Crippen LogP contribution in [0.4, 0.5) is 5.69 Å². The number of nitriles is 2. The van der Waals surface area contributed by atoms with Gasteiger partial charge in [-0.2, -0.15) is 10.5 Å². The van der Waals surface area contributed by atoms with E-state index in [0.717, 1.165) is 30.5 Å². The largest absolute Gasteiger partial charge is 0.374 e. The van der Waals surface area contributed by atoms with Gasteiger partial charge in [-0.1, -0.05) is 6.07 Å². The van der Waals surface area contributed by atoms with Gasteiger partial charge < -0.3 is 4.90 Å². The zero-order chi connectivity index (χ0) is 16.6. The fourth-order valence-corrected chi connectivity index (χ4v) is 3.52. The van der Waals surface area contributed by atoms with Crippen LogP contribution in [0.15, 0.2) is 24.3 Å². The number of benzene rings is 2. The number of hydrogen-bond acceptors (Lipinski definition) is 3. The molecule has 0 fully saturated rings. The third-order valence-corrected chi connectivity index (χ3v) is 4.70. The molecule has 1 heterocycles. The topological polar surface area (TPSA) is 50.8 Å². The maximum absolute atomic E-state index is 9.35. The Kier molecular flexibility index (Phi) is 3.80. The first-order chi connectivity index (χ1) is 11.1. The molecular formula is C20H19N3. The molecule has 114 valence electrons. The third-order valence-electron chi connectivity index (χ3n) is 4.70. The first-order valence-corrected chi connectivity index (χ1v) is 7.85.